The van der Waals surface area contributed by atoms with Crippen molar-refractivity contribution in [1.82, 2.24) is 9.55 Å². The lowest BCUT2D eigenvalue weighted by Gasteiger charge is -2.35. The van der Waals surface area contributed by atoms with E-state index in [1.165, 1.54) is 32.9 Å². The molecule has 0 amide bonds. The second-order valence-electron chi connectivity index (χ2n) is 7.18. The van der Waals surface area contributed by atoms with Crippen LogP contribution in [0.15, 0.2) is 54.1 Å². The molecule has 2 aliphatic rings. The van der Waals surface area contributed by atoms with Crippen LogP contribution in [0.1, 0.15) is 38.6 Å². The van der Waals surface area contributed by atoms with Crippen LogP contribution in [0.4, 0.5) is 0 Å². The topological polar surface area (TPSA) is 17.8 Å². The molecule has 3 aromatic rings. The first kappa shape index (κ1) is 14.7. The summed E-state index contributed by atoms with van der Waals surface area (Å²) in [6.07, 6.45) is 7.13. The summed E-state index contributed by atoms with van der Waals surface area (Å²) in [6.45, 7) is 4.56. The Morgan fingerprint density at radius 2 is 1.68 bits per heavy atom. The van der Waals surface area contributed by atoms with Gasteiger partial charge >= 0.3 is 0 Å². The van der Waals surface area contributed by atoms with Crippen molar-refractivity contribution in [3.8, 4) is 0 Å². The second kappa shape index (κ2) is 5.45. The van der Waals surface area contributed by atoms with Crippen LogP contribution in [0.2, 0.25) is 0 Å². The van der Waals surface area contributed by atoms with E-state index in [1.807, 2.05) is 0 Å². The molecule has 1 aliphatic carbocycles. The normalized spacial score (nSPS) is 21.2. The van der Waals surface area contributed by atoms with E-state index in [-0.39, 0.29) is 0 Å². The van der Waals surface area contributed by atoms with Gasteiger partial charge in [-0.05, 0) is 41.5 Å². The van der Waals surface area contributed by atoms with Gasteiger partial charge in [-0.3, -0.25) is 0 Å². The van der Waals surface area contributed by atoms with E-state index in [0.717, 1.165) is 18.4 Å². The van der Waals surface area contributed by atoms with Crippen molar-refractivity contribution in [1.29, 1.82) is 0 Å². The molecule has 5 rings (SSSR count). The molecule has 2 atom stereocenters. The first-order valence-corrected chi connectivity index (χ1v) is 9.23. The number of imidazole rings is 1. The van der Waals surface area contributed by atoms with Gasteiger partial charge in [-0.25, -0.2) is 4.98 Å². The number of nitrogens with zero attached hydrogens (tertiary/aromatic N) is 2. The van der Waals surface area contributed by atoms with Gasteiger partial charge in [0.2, 0.25) is 0 Å². The molecule has 2 nitrogen and oxygen atoms in total. The van der Waals surface area contributed by atoms with Crippen molar-refractivity contribution in [3.05, 3.63) is 70.4 Å². The van der Waals surface area contributed by atoms with Crippen LogP contribution in [0.3, 0.4) is 0 Å². The Morgan fingerprint density at radius 1 is 0.960 bits per heavy atom. The highest BCUT2D eigenvalue weighted by Gasteiger charge is 2.33. The standard InChI is InChI=1S/C23H22N2/c1-3-8-18-15(2)19-13-16-9-4-5-10-17(16)14-22(19)25-21-12-7-6-11-20(21)24-23(18)25/h4-7,9-14,19,22H,3,8H2,1-2H3. The molecule has 0 N–H and O–H groups in total. The van der Waals surface area contributed by atoms with E-state index in [9.17, 15) is 0 Å². The summed E-state index contributed by atoms with van der Waals surface area (Å²) in [5.74, 6) is 1.59. The molecule has 0 spiro atoms. The van der Waals surface area contributed by atoms with Gasteiger partial charge in [0, 0.05) is 5.92 Å². The number of para-hydroxylation sites is 2. The van der Waals surface area contributed by atoms with Crippen molar-refractivity contribution in [3.63, 3.8) is 0 Å². The first-order chi connectivity index (χ1) is 12.3. The summed E-state index contributed by atoms with van der Waals surface area (Å²) in [6, 6.07) is 17.6. The third-order valence-electron chi connectivity index (χ3n) is 5.71. The minimum absolute atomic E-state index is 0.318. The minimum Gasteiger partial charge on any atom is -0.316 e. The van der Waals surface area contributed by atoms with Gasteiger partial charge in [-0.1, -0.05) is 67.5 Å². The van der Waals surface area contributed by atoms with Crippen LogP contribution < -0.4 is 10.4 Å². The van der Waals surface area contributed by atoms with E-state index >= 15 is 0 Å². The molecule has 1 aliphatic heterocycles. The van der Waals surface area contributed by atoms with Crippen molar-refractivity contribution in [2.24, 2.45) is 5.92 Å². The van der Waals surface area contributed by atoms with Gasteiger partial charge in [0.15, 0.2) is 0 Å². The maximum atomic E-state index is 5.02. The molecular formula is C23H22N2. The lowest BCUT2D eigenvalue weighted by Crippen LogP contribution is -2.36. The van der Waals surface area contributed by atoms with Gasteiger partial charge in [-0.15, -0.1) is 0 Å². The van der Waals surface area contributed by atoms with Gasteiger partial charge in [0.1, 0.15) is 5.82 Å². The smallest absolute Gasteiger partial charge is 0.137 e. The quantitative estimate of drug-likeness (QED) is 0.694. The number of benzene rings is 2. The van der Waals surface area contributed by atoms with Crippen LogP contribution in [-0.2, 0) is 0 Å². The van der Waals surface area contributed by atoms with Gasteiger partial charge < -0.3 is 4.57 Å². The largest absolute Gasteiger partial charge is 0.316 e. The molecular weight excluding hydrogens is 304 g/mol. The number of fused-ring (bicyclic) bond motifs is 6. The average molecular weight is 326 g/mol. The van der Waals surface area contributed by atoms with Crippen LogP contribution in [0, 0.1) is 5.92 Å². The first-order valence-electron chi connectivity index (χ1n) is 9.23. The van der Waals surface area contributed by atoms with Crippen LogP contribution >= 0.6 is 0 Å². The monoisotopic (exact) mass is 326 g/mol. The molecule has 2 heterocycles. The van der Waals surface area contributed by atoms with Crippen LogP contribution in [0.25, 0.3) is 28.8 Å². The molecule has 0 radical (unpaired) electrons. The zero-order valence-electron chi connectivity index (χ0n) is 14.7. The predicted octanol–water partition coefficient (Wildman–Crippen LogP) is 4.06. The van der Waals surface area contributed by atoms with Crippen LogP contribution in [0.5, 0.6) is 0 Å². The summed E-state index contributed by atoms with van der Waals surface area (Å²) in [4.78, 5) is 5.02. The number of hydrogen-bond donors (Lipinski definition) is 0. The Kier molecular flexibility index (Phi) is 3.21. The molecule has 1 aromatic heterocycles. The zero-order valence-corrected chi connectivity index (χ0v) is 14.7. The summed E-state index contributed by atoms with van der Waals surface area (Å²) < 4.78 is 2.48. The third kappa shape index (κ3) is 2.07. The fourth-order valence-electron chi connectivity index (χ4n) is 4.51. The van der Waals surface area contributed by atoms with Crippen molar-refractivity contribution in [2.45, 2.75) is 32.7 Å². The maximum absolute atomic E-state index is 5.02. The molecule has 2 heteroatoms. The van der Waals surface area contributed by atoms with Crippen molar-refractivity contribution >= 4 is 28.8 Å². The Morgan fingerprint density at radius 3 is 2.48 bits per heavy atom. The SMILES string of the molecule is CCCC1=C(C)C2C=c3ccccc3=CC2n2c1nc1ccccc12. The highest BCUT2D eigenvalue weighted by molar-refractivity contribution is 5.83. The number of allylic oxidation sites excluding steroid dienone is 2. The van der Waals surface area contributed by atoms with Gasteiger partial charge in [0.05, 0.1) is 17.1 Å². The molecule has 2 aromatic carbocycles. The Labute approximate surface area is 147 Å². The zero-order chi connectivity index (χ0) is 17.0. The molecule has 124 valence electrons. The fourth-order valence-corrected chi connectivity index (χ4v) is 4.51. The number of hydrogen-bond acceptors (Lipinski definition) is 1. The summed E-state index contributed by atoms with van der Waals surface area (Å²) >= 11 is 0. The maximum Gasteiger partial charge on any atom is 0.137 e. The number of aromatic nitrogens is 2. The average Bonchev–Trinajstić information content (AvgIpc) is 3.03. The van der Waals surface area contributed by atoms with E-state index < -0.39 is 0 Å². The summed E-state index contributed by atoms with van der Waals surface area (Å²) in [5, 5.41) is 2.69. The van der Waals surface area contributed by atoms with E-state index in [2.05, 4.69) is 79.1 Å². The summed E-state index contributed by atoms with van der Waals surface area (Å²) in [5.41, 5.74) is 5.27. The van der Waals surface area contributed by atoms with Gasteiger partial charge in [0.25, 0.3) is 0 Å². The molecule has 25 heavy (non-hydrogen) atoms. The highest BCUT2D eigenvalue weighted by atomic mass is 15.1. The number of rotatable bonds is 2. The van der Waals surface area contributed by atoms with Crippen molar-refractivity contribution < 1.29 is 0 Å². The van der Waals surface area contributed by atoms with Crippen LogP contribution in [-0.4, -0.2) is 9.55 Å². The minimum atomic E-state index is 0.318. The van der Waals surface area contributed by atoms with E-state index in [4.69, 9.17) is 4.98 Å². The Balaban J connectivity index is 1.87. The molecule has 0 saturated heterocycles. The lowest BCUT2D eigenvalue weighted by atomic mass is 9.80. The van der Waals surface area contributed by atoms with E-state index in [0.29, 0.717) is 12.0 Å². The van der Waals surface area contributed by atoms with Gasteiger partial charge in [-0.2, -0.15) is 0 Å². The molecule has 0 fully saturated rings. The third-order valence-corrected chi connectivity index (χ3v) is 5.71. The highest BCUT2D eigenvalue weighted by Crippen LogP contribution is 2.43. The lowest BCUT2D eigenvalue weighted by molar-refractivity contribution is 0.535. The predicted molar refractivity (Wildman–Crippen MR) is 104 cm³/mol. The molecule has 0 saturated carbocycles. The summed E-state index contributed by atoms with van der Waals surface area (Å²) in [7, 11) is 0. The Hall–Kier alpha value is -2.61. The molecule has 2 unspecified atom stereocenters. The van der Waals surface area contributed by atoms with Crippen molar-refractivity contribution in [2.75, 3.05) is 0 Å². The molecule has 0 bridgehead atoms. The Bertz CT molecular complexity index is 1130. The van der Waals surface area contributed by atoms with E-state index in [1.54, 1.807) is 0 Å². The second-order valence-corrected chi connectivity index (χ2v) is 7.18. The fraction of sp³-hybridized carbons (Fsp3) is 0.261.